The first-order valence-electron chi connectivity index (χ1n) is 7.88. The van der Waals surface area contributed by atoms with E-state index in [2.05, 4.69) is 5.32 Å². The van der Waals surface area contributed by atoms with Crippen LogP contribution in [0.15, 0.2) is 48.5 Å². The Bertz CT molecular complexity index is 685. The van der Waals surface area contributed by atoms with Crippen LogP contribution in [0.3, 0.4) is 0 Å². The lowest BCUT2D eigenvalue weighted by Crippen LogP contribution is -2.30. The van der Waals surface area contributed by atoms with Gasteiger partial charge in [0.1, 0.15) is 11.5 Å². The lowest BCUT2D eigenvalue weighted by atomic mass is 10.2. The van der Waals surface area contributed by atoms with Crippen molar-refractivity contribution in [3.63, 3.8) is 0 Å². The van der Waals surface area contributed by atoms with Gasteiger partial charge in [0.2, 0.25) is 0 Å². The lowest BCUT2D eigenvalue weighted by molar-refractivity contribution is -0.122. The maximum atomic E-state index is 12.2. The second-order valence-corrected chi connectivity index (χ2v) is 5.28. The van der Waals surface area contributed by atoms with E-state index in [1.807, 2.05) is 25.1 Å². The van der Waals surface area contributed by atoms with Crippen LogP contribution >= 0.6 is 0 Å². The Hall–Kier alpha value is -2.82. The minimum atomic E-state index is -0.759. The number of carbonyl (C=O) groups is 2. The summed E-state index contributed by atoms with van der Waals surface area (Å²) in [5.74, 6) is 0.639. The molecule has 1 amide bonds. The van der Waals surface area contributed by atoms with Gasteiger partial charge in [-0.15, -0.1) is 0 Å². The summed E-state index contributed by atoms with van der Waals surface area (Å²) in [7, 11) is 0. The fourth-order valence-electron chi connectivity index (χ4n) is 2.03. The number of anilines is 1. The van der Waals surface area contributed by atoms with Gasteiger partial charge in [-0.25, -0.2) is 0 Å². The van der Waals surface area contributed by atoms with E-state index in [1.165, 1.54) is 0 Å². The van der Waals surface area contributed by atoms with Gasteiger partial charge in [-0.05, 0) is 37.6 Å². The number of hydrogen-bond donors (Lipinski definition) is 1. The third-order valence-corrected chi connectivity index (χ3v) is 3.30. The van der Waals surface area contributed by atoms with Crippen LogP contribution in [0.5, 0.6) is 11.5 Å². The molecular formula is C19H21NO4. The van der Waals surface area contributed by atoms with E-state index in [0.717, 1.165) is 6.42 Å². The third-order valence-electron chi connectivity index (χ3n) is 3.30. The number of aldehydes is 1. The number of rotatable bonds is 8. The molecule has 5 heteroatoms. The Morgan fingerprint density at radius 2 is 1.96 bits per heavy atom. The smallest absolute Gasteiger partial charge is 0.265 e. The largest absolute Gasteiger partial charge is 0.493 e. The van der Waals surface area contributed by atoms with Gasteiger partial charge in [0.15, 0.2) is 12.4 Å². The predicted octanol–water partition coefficient (Wildman–Crippen LogP) is 3.69. The van der Waals surface area contributed by atoms with Gasteiger partial charge in [0.05, 0.1) is 12.2 Å². The fourth-order valence-corrected chi connectivity index (χ4v) is 2.03. The molecular weight excluding hydrogens is 306 g/mol. The van der Waals surface area contributed by atoms with E-state index in [1.54, 1.807) is 37.3 Å². The standard InChI is InChI=1S/C19H21NO4/c1-3-11-23-17-10-9-15(13-21)18(12-17)24-14(2)19(22)20-16-7-5-4-6-8-16/h4-10,12-14H,3,11H2,1-2H3,(H,20,22)/t14-/m1/s1. The Morgan fingerprint density at radius 3 is 2.62 bits per heavy atom. The summed E-state index contributed by atoms with van der Waals surface area (Å²) in [5.41, 5.74) is 1.06. The molecule has 0 radical (unpaired) electrons. The van der Waals surface area contributed by atoms with E-state index < -0.39 is 6.10 Å². The zero-order valence-electron chi connectivity index (χ0n) is 13.8. The van der Waals surface area contributed by atoms with E-state index >= 15 is 0 Å². The molecule has 2 rings (SSSR count). The van der Waals surface area contributed by atoms with Crippen LogP contribution in [-0.2, 0) is 4.79 Å². The molecule has 0 aliphatic rings. The highest BCUT2D eigenvalue weighted by molar-refractivity contribution is 5.94. The SMILES string of the molecule is CCCOc1ccc(C=O)c(O[C@H](C)C(=O)Nc2ccccc2)c1. The van der Waals surface area contributed by atoms with Crippen LogP contribution in [0.4, 0.5) is 5.69 Å². The van der Waals surface area contributed by atoms with E-state index in [4.69, 9.17) is 9.47 Å². The van der Waals surface area contributed by atoms with Crippen LogP contribution in [0.25, 0.3) is 0 Å². The molecule has 24 heavy (non-hydrogen) atoms. The monoisotopic (exact) mass is 327 g/mol. The number of para-hydroxylation sites is 1. The maximum absolute atomic E-state index is 12.2. The summed E-state index contributed by atoms with van der Waals surface area (Å²) >= 11 is 0. The fraction of sp³-hybridized carbons (Fsp3) is 0.263. The minimum absolute atomic E-state index is 0.294. The third kappa shape index (κ3) is 4.84. The second kappa shape index (κ2) is 8.72. The van der Waals surface area contributed by atoms with E-state index in [9.17, 15) is 9.59 Å². The number of carbonyl (C=O) groups excluding carboxylic acids is 2. The Morgan fingerprint density at radius 1 is 1.21 bits per heavy atom. The number of hydrogen-bond acceptors (Lipinski definition) is 4. The molecule has 0 aliphatic heterocycles. The molecule has 1 N–H and O–H groups in total. The average Bonchev–Trinajstić information content (AvgIpc) is 2.61. The molecule has 0 spiro atoms. The molecule has 1 atom stereocenters. The normalized spacial score (nSPS) is 11.4. The molecule has 0 aliphatic carbocycles. The van der Waals surface area contributed by atoms with Gasteiger partial charge in [0.25, 0.3) is 5.91 Å². The summed E-state index contributed by atoms with van der Waals surface area (Å²) in [6, 6.07) is 14.1. The van der Waals surface area contributed by atoms with Gasteiger partial charge in [-0.3, -0.25) is 9.59 Å². The highest BCUT2D eigenvalue weighted by atomic mass is 16.5. The van der Waals surface area contributed by atoms with Gasteiger partial charge in [0, 0.05) is 11.8 Å². The number of benzene rings is 2. The predicted molar refractivity (Wildman–Crippen MR) is 92.8 cm³/mol. The average molecular weight is 327 g/mol. The van der Waals surface area contributed by atoms with Crippen molar-refractivity contribution in [1.29, 1.82) is 0 Å². The number of nitrogens with one attached hydrogen (secondary N) is 1. The van der Waals surface area contributed by atoms with Gasteiger partial charge < -0.3 is 14.8 Å². The first kappa shape index (κ1) is 17.5. The zero-order chi connectivity index (χ0) is 17.4. The summed E-state index contributed by atoms with van der Waals surface area (Å²) in [5, 5.41) is 2.76. The van der Waals surface area contributed by atoms with Crippen LogP contribution in [0.1, 0.15) is 30.6 Å². The van der Waals surface area contributed by atoms with Gasteiger partial charge >= 0.3 is 0 Å². The van der Waals surface area contributed by atoms with Gasteiger partial charge in [-0.2, -0.15) is 0 Å². The van der Waals surface area contributed by atoms with Crippen LogP contribution in [-0.4, -0.2) is 24.9 Å². The Labute approximate surface area is 141 Å². The molecule has 0 fully saturated rings. The molecule has 0 bridgehead atoms. The molecule has 2 aromatic carbocycles. The molecule has 126 valence electrons. The molecule has 0 heterocycles. The van der Waals surface area contributed by atoms with Crippen molar-refractivity contribution in [3.8, 4) is 11.5 Å². The van der Waals surface area contributed by atoms with Crippen molar-refractivity contribution in [1.82, 2.24) is 0 Å². The molecule has 0 aromatic heterocycles. The number of ether oxygens (including phenoxy) is 2. The zero-order valence-corrected chi connectivity index (χ0v) is 13.8. The van der Waals surface area contributed by atoms with Crippen molar-refractivity contribution in [2.75, 3.05) is 11.9 Å². The van der Waals surface area contributed by atoms with E-state index in [0.29, 0.717) is 35.6 Å². The quantitative estimate of drug-likeness (QED) is 0.751. The van der Waals surface area contributed by atoms with Crippen molar-refractivity contribution < 1.29 is 19.1 Å². The summed E-state index contributed by atoms with van der Waals surface area (Å²) < 4.78 is 11.2. The highest BCUT2D eigenvalue weighted by Gasteiger charge is 2.17. The molecule has 5 nitrogen and oxygen atoms in total. The maximum Gasteiger partial charge on any atom is 0.265 e. The van der Waals surface area contributed by atoms with Crippen LogP contribution in [0, 0.1) is 0 Å². The van der Waals surface area contributed by atoms with Crippen molar-refractivity contribution in [3.05, 3.63) is 54.1 Å². The highest BCUT2D eigenvalue weighted by Crippen LogP contribution is 2.25. The summed E-state index contributed by atoms with van der Waals surface area (Å²) in [6.45, 7) is 4.21. The van der Waals surface area contributed by atoms with Crippen LogP contribution < -0.4 is 14.8 Å². The first-order valence-corrected chi connectivity index (χ1v) is 7.88. The molecule has 2 aromatic rings. The Balaban J connectivity index is 2.07. The molecule has 0 unspecified atom stereocenters. The van der Waals surface area contributed by atoms with E-state index in [-0.39, 0.29) is 5.91 Å². The summed E-state index contributed by atoms with van der Waals surface area (Å²) in [4.78, 5) is 23.4. The van der Waals surface area contributed by atoms with Crippen LogP contribution in [0.2, 0.25) is 0 Å². The van der Waals surface area contributed by atoms with Crippen molar-refractivity contribution in [2.45, 2.75) is 26.4 Å². The van der Waals surface area contributed by atoms with Crippen molar-refractivity contribution in [2.24, 2.45) is 0 Å². The minimum Gasteiger partial charge on any atom is -0.493 e. The first-order chi connectivity index (χ1) is 11.6. The molecule has 0 saturated heterocycles. The lowest BCUT2D eigenvalue weighted by Gasteiger charge is -2.17. The molecule has 0 saturated carbocycles. The second-order valence-electron chi connectivity index (χ2n) is 5.28. The number of amides is 1. The van der Waals surface area contributed by atoms with Crippen molar-refractivity contribution >= 4 is 17.9 Å². The summed E-state index contributed by atoms with van der Waals surface area (Å²) in [6.07, 6.45) is 0.813. The Kier molecular flexibility index (Phi) is 6.37. The van der Waals surface area contributed by atoms with Gasteiger partial charge in [-0.1, -0.05) is 25.1 Å². The topological polar surface area (TPSA) is 64.6 Å².